The van der Waals surface area contributed by atoms with Gasteiger partial charge in [0.2, 0.25) is 0 Å². The molecule has 0 atom stereocenters. The monoisotopic (exact) mass is 297 g/mol. The van der Waals surface area contributed by atoms with Crippen LogP contribution in [0.25, 0.3) is 11.0 Å². The first-order valence-electron chi connectivity index (χ1n) is 5.91. The predicted octanol–water partition coefficient (Wildman–Crippen LogP) is 1.80. The van der Waals surface area contributed by atoms with Gasteiger partial charge in [0, 0.05) is 11.5 Å². The van der Waals surface area contributed by atoms with Gasteiger partial charge in [-0.15, -0.1) is 0 Å². The standard InChI is InChI=1S/C13H15NO5S/c1-13(2,3)19-14-20(16,17)10-5-6-11-9(8-10)4-7-12(15)18-11/h4-8,14H,1-3H3. The first-order valence-corrected chi connectivity index (χ1v) is 7.39. The van der Waals surface area contributed by atoms with Crippen molar-refractivity contribution < 1.29 is 17.7 Å². The van der Waals surface area contributed by atoms with Gasteiger partial charge in [-0.2, -0.15) is 0 Å². The number of sulfonamides is 1. The summed E-state index contributed by atoms with van der Waals surface area (Å²) < 4.78 is 29.1. The smallest absolute Gasteiger partial charge is 0.336 e. The minimum atomic E-state index is -3.79. The quantitative estimate of drug-likeness (QED) is 0.689. The fourth-order valence-electron chi connectivity index (χ4n) is 1.45. The minimum Gasteiger partial charge on any atom is -0.423 e. The van der Waals surface area contributed by atoms with Gasteiger partial charge in [0.1, 0.15) is 5.58 Å². The van der Waals surface area contributed by atoms with Crippen LogP contribution < -0.4 is 10.5 Å². The number of rotatable bonds is 3. The first-order chi connectivity index (χ1) is 9.17. The predicted molar refractivity (Wildman–Crippen MR) is 73.6 cm³/mol. The fourth-order valence-corrected chi connectivity index (χ4v) is 2.43. The Morgan fingerprint density at radius 1 is 1.15 bits per heavy atom. The van der Waals surface area contributed by atoms with Gasteiger partial charge in [-0.1, -0.05) is 4.89 Å². The van der Waals surface area contributed by atoms with E-state index in [1.54, 1.807) is 20.8 Å². The molecule has 0 aliphatic heterocycles. The molecule has 0 aliphatic carbocycles. The van der Waals surface area contributed by atoms with Crippen LogP contribution in [0.2, 0.25) is 0 Å². The Morgan fingerprint density at radius 3 is 2.50 bits per heavy atom. The van der Waals surface area contributed by atoms with Crippen molar-refractivity contribution in [1.82, 2.24) is 4.89 Å². The summed E-state index contributed by atoms with van der Waals surface area (Å²) in [7, 11) is -3.79. The Hall–Kier alpha value is -1.70. The molecule has 6 nitrogen and oxygen atoms in total. The molecule has 0 fully saturated rings. The van der Waals surface area contributed by atoms with Crippen molar-refractivity contribution in [3.63, 3.8) is 0 Å². The van der Waals surface area contributed by atoms with E-state index < -0.39 is 21.2 Å². The van der Waals surface area contributed by atoms with Gasteiger partial charge in [-0.3, -0.25) is 4.84 Å². The van der Waals surface area contributed by atoms with E-state index in [-0.39, 0.29) is 4.90 Å². The zero-order chi connectivity index (χ0) is 15.0. The highest BCUT2D eigenvalue weighted by molar-refractivity contribution is 7.89. The third-order valence-electron chi connectivity index (χ3n) is 2.36. The number of benzene rings is 1. The average Bonchev–Trinajstić information content (AvgIpc) is 2.35. The van der Waals surface area contributed by atoms with E-state index in [0.29, 0.717) is 11.0 Å². The maximum Gasteiger partial charge on any atom is 0.336 e. The molecular formula is C13H15NO5S. The molecule has 0 unspecified atom stereocenters. The second-order valence-corrected chi connectivity index (χ2v) is 6.90. The van der Waals surface area contributed by atoms with Gasteiger partial charge in [-0.25, -0.2) is 13.2 Å². The van der Waals surface area contributed by atoms with Crippen LogP contribution in [-0.2, 0) is 14.9 Å². The zero-order valence-electron chi connectivity index (χ0n) is 11.3. The lowest BCUT2D eigenvalue weighted by molar-refractivity contribution is -0.0357. The molecular weight excluding hydrogens is 282 g/mol. The van der Waals surface area contributed by atoms with Crippen LogP contribution in [0.1, 0.15) is 20.8 Å². The molecule has 1 aromatic heterocycles. The van der Waals surface area contributed by atoms with Crippen LogP contribution in [0.3, 0.4) is 0 Å². The van der Waals surface area contributed by atoms with E-state index in [9.17, 15) is 13.2 Å². The van der Waals surface area contributed by atoms with Gasteiger partial charge in [0.25, 0.3) is 10.0 Å². The van der Waals surface area contributed by atoms with Gasteiger partial charge < -0.3 is 4.42 Å². The largest absolute Gasteiger partial charge is 0.423 e. The lowest BCUT2D eigenvalue weighted by Crippen LogP contribution is -2.33. The average molecular weight is 297 g/mol. The van der Waals surface area contributed by atoms with E-state index in [1.807, 2.05) is 0 Å². The molecule has 0 bridgehead atoms. The molecule has 1 heterocycles. The molecule has 108 valence electrons. The Labute approximate surface area is 116 Å². The summed E-state index contributed by atoms with van der Waals surface area (Å²) in [5.41, 5.74) is -0.799. The Balaban J connectivity index is 2.37. The van der Waals surface area contributed by atoms with Crippen LogP contribution in [0.15, 0.2) is 44.4 Å². The lowest BCUT2D eigenvalue weighted by atomic mass is 10.2. The Bertz CT molecular complexity index is 786. The molecule has 2 aromatic rings. The summed E-state index contributed by atoms with van der Waals surface area (Å²) in [6, 6.07) is 6.93. The number of hydrogen-bond acceptors (Lipinski definition) is 5. The molecule has 20 heavy (non-hydrogen) atoms. The van der Waals surface area contributed by atoms with Crippen molar-refractivity contribution in [2.75, 3.05) is 0 Å². The Kier molecular flexibility index (Phi) is 3.68. The molecule has 1 N–H and O–H groups in total. The van der Waals surface area contributed by atoms with E-state index in [1.165, 1.54) is 30.3 Å². The highest BCUT2D eigenvalue weighted by atomic mass is 32.2. The summed E-state index contributed by atoms with van der Waals surface area (Å²) in [5.74, 6) is 0. The highest BCUT2D eigenvalue weighted by Gasteiger charge is 2.19. The summed E-state index contributed by atoms with van der Waals surface area (Å²) in [6.45, 7) is 5.18. The first kappa shape index (κ1) is 14.7. The third-order valence-corrected chi connectivity index (χ3v) is 3.54. The van der Waals surface area contributed by atoms with Gasteiger partial charge >= 0.3 is 5.63 Å². The second kappa shape index (κ2) is 5.01. The molecule has 0 saturated heterocycles. The molecule has 0 spiro atoms. The molecule has 0 aliphatic rings. The minimum absolute atomic E-state index is 0.0306. The summed E-state index contributed by atoms with van der Waals surface area (Å²) in [5, 5.41) is 0.517. The molecule has 0 saturated carbocycles. The SMILES string of the molecule is CC(C)(C)ONS(=O)(=O)c1ccc2oc(=O)ccc2c1. The summed E-state index contributed by atoms with van der Waals surface area (Å²) >= 11 is 0. The van der Waals surface area contributed by atoms with E-state index in [0.717, 1.165) is 0 Å². The number of hydrogen-bond donors (Lipinski definition) is 1. The van der Waals surface area contributed by atoms with Gasteiger partial charge in [0.05, 0.1) is 10.5 Å². The van der Waals surface area contributed by atoms with Crippen molar-refractivity contribution in [2.24, 2.45) is 0 Å². The van der Waals surface area contributed by atoms with Crippen LogP contribution in [0.4, 0.5) is 0 Å². The third kappa shape index (κ3) is 3.44. The second-order valence-electron chi connectivity index (χ2n) is 5.26. The highest BCUT2D eigenvalue weighted by Crippen LogP contribution is 2.18. The van der Waals surface area contributed by atoms with Crippen molar-refractivity contribution >= 4 is 21.0 Å². The van der Waals surface area contributed by atoms with Gasteiger partial charge in [0.15, 0.2) is 0 Å². The molecule has 2 rings (SSSR count). The molecule has 0 radical (unpaired) electrons. The topological polar surface area (TPSA) is 85.6 Å². The number of nitrogens with one attached hydrogen (secondary N) is 1. The normalized spacial score (nSPS) is 12.8. The maximum absolute atomic E-state index is 12.1. The maximum atomic E-state index is 12.1. The summed E-state index contributed by atoms with van der Waals surface area (Å²) in [4.78, 5) is 18.2. The van der Waals surface area contributed by atoms with Crippen LogP contribution in [0, 0.1) is 0 Å². The van der Waals surface area contributed by atoms with Gasteiger partial charge in [-0.05, 0) is 45.0 Å². The van der Waals surface area contributed by atoms with E-state index >= 15 is 0 Å². The van der Waals surface area contributed by atoms with Crippen molar-refractivity contribution in [1.29, 1.82) is 0 Å². The van der Waals surface area contributed by atoms with Crippen molar-refractivity contribution in [3.05, 3.63) is 40.8 Å². The molecule has 1 aromatic carbocycles. The van der Waals surface area contributed by atoms with Crippen LogP contribution in [0.5, 0.6) is 0 Å². The van der Waals surface area contributed by atoms with Crippen molar-refractivity contribution in [2.45, 2.75) is 31.3 Å². The Morgan fingerprint density at radius 2 is 1.85 bits per heavy atom. The van der Waals surface area contributed by atoms with Crippen LogP contribution in [-0.4, -0.2) is 14.0 Å². The fraction of sp³-hybridized carbons (Fsp3) is 0.308. The summed E-state index contributed by atoms with van der Waals surface area (Å²) in [6.07, 6.45) is 0. The van der Waals surface area contributed by atoms with Crippen LogP contribution >= 0.6 is 0 Å². The zero-order valence-corrected chi connectivity index (χ0v) is 12.2. The molecule has 0 amide bonds. The van der Waals surface area contributed by atoms with E-state index in [2.05, 4.69) is 4.89 Å². The number of fused-ring (bicyclic) bond motifs is 1. The lowest BCUT2D eigenvalue weighted by Gasteiger charge is -2.19. The van der Waals surface area contributed by atoms with E-state index in [4.69, 9.17) is 9.25 Å². The van der Waals surface area contributed by atoms with Crippen molar-refractivity contribution in [3.8, 4) is 0 Å². The molecule has 7 heteroatoms.